The van der Waals surface area contributed by atoms with E-state index in [2.05, 4.69) is 4.72 Å². The van der Waals surface area contributed by atoms with Crippen molar-refractivity contribution in [2.24, 2.45) is 0 Å². The second-order valence-corrected chi connectivity index (χ2v) is 8.47. The van der Waals surface area contributed by atoms with Crippen molar-refractivity contribution in [3.05, 3.63) is 100 Å². The maximum absolute atomic E-state index is 13.0. The third-order valence-corrected chi connectivity index (χ3v) is 6.21. The Hall–Kier alpha value is -3.23. The van der Waals surface area contributed by atoms with Crippen molar-refractivity contribution in [1.29, 1.82) is 0 Å². The fourth-order valence-electron chi connectivity index (χ4n) is 3.22. The highest BCUT2D eigenvalue weighted by Crippen LogP contribution is 2.24. The molecule has 1 unspecified atom stereocenters. The molecule has 0 saturated heterocycles. The maximum Gasteiger partial charge on any atom is 0.289 e. The van der Waals surface area contributed by atoms with Gasteiger partial charge in [0.25, 0.3) is 5.69 Å². The maximum atomic E-state index is 13.0. The van der Waals surface area contributed by atoms with E-state index in [9.17, 15) is 18.5 Å². The second kappa shape index (κ2) is 9.51. The molecule has 1 atom stereocenters. The molecule has 156 valence electrons. The average Bonchev–Trinajstić information content (AvgIpc) is 2.74. The highest BCUT2D eigenvalue weighted by molar-refractivity contribution is 7.89. The number of hydrogen-bond acceptors (Lipinski definition) is 5. The Morgan fingerprint density at radius 1 is 0.900 bits per heavy atom. The van der Waals surface area contributed by atoms with Gasteiger partial charge in [-0.2, -0.15) is 0 Å². The molecule has 3 rings (SSSR count). The van der Waals surface area contributed by atoms with Gasteiger partial charge in [0.1, 0.15) is 5.75 Å². The summed E-state index contributed by atoms with van der Waals surface area (Å²) in [5.74, 6) is 0.707. The summed E-state index contributed by atoms with van der Waals surface area (Å²) in [4.78, 5) is 10.3. The molecule has 0 saturated carbocycles. The Morgan fingerprint density at radius 3 is 2.07 bits per heavy atom. The van der Waals surface area contributed by atoms with Gasteiger partial charge in [0.15, 0.2) is 4.90 Å². The van der Waals surface area contributed by atoms with Crippen LogP contribution in [0, 0.1) is 10.1 Å². The van der Waals surface area contributed by atoms with Gasteiger partial charge in [0.2, 0.25) is 10.0 Å². The molecule has 1 N–H and O–H groups in total. The quantitative estimate of drug-likeness (QED) is 0.415. The van der Waals surface area contributed by atoms with Crippen LogP contribution < -0.4 is 9.46 Å². The van der Waals surface area contributed by atoms with Gasteiger partial charge in [-0.1, -0.05) is 54.6 Å². The van der Waals surface area contributed by atoms with Crippen molar-refractivity contribution in [1.82, 2.24) is 4.72 Å². The van der Waals surface area contributed by atoms with E-state index in [0.29, 0.717) is 18.6 Å². The number of rotatable bonds is 9. The van der Waals surface area contributed by atoms with Gasteiger partial charge in [0, 0.05) is 12.1 Å². The van der Waals surface area contributed by atoms with E-state index in [0.717, 1.165) is 11.1 Å². The molecule has 0 aliphatic heterocycles. The molecule has 0 aliphatic rings. The fraction of sp³-hybridized carbons (Fsp3) is 0.182. The van der Waals surface area contributed by atoms with Crippen molar-refractivity contribution in [2.75, 3.05) is 7.11 Å². The number of ether oxygens (including phenoxy) is 1. The summed E-state index contributed by atoms with van der Waals surface area (Å²) in [5.41, 5.74) is 1.43. The Kier molecular flexibility index (Phi) is 6.81. The number of nitrogens with zero attached hydrogens (tertiary/aromatic N) is 1. The molecule has 30 heavy (non-hydrogen) atoms. The number of para-hydroxylation sites is 1. The summed E-state index contributed by atoms with van der Waals surface area (Å²) in [7, 11) is -2.53. The SMILES string of the molecule is COc1ccc(CC(Cc2ccccc2)NS(=O)(=O)c2ccccc2[N+](=O)[O-])cc1. The van der Waals surface area contributed by atoms with E-state index in [4.69, 9.17) is 4.74 Å². The van der Waals surface area contributed by atoms with E-state index in [1.165, 1.54) is 24.3 Å². The number of benzene rings is 3. The molecule has 0 aromatic heterocycles. The number of nitrogens with one attached hydrogen (secondary N) is 1. The minimum Gasteiger partial charge on any atom is -0.497 e. The van der Waals surface area contributed by atoms with E-state index < -0.39 is 26.7 Å². The Bertz CT molecular complexity index is 1100. The number of methoxy groups -OCH3 is 1. The molecular weight excluding hydrogens is 404 g/mol. The molecule has 0 fully saturated rings. The molecule has 3 aromatic rings. The highest BCUT2D eigenvalue weighted by atomic mass is 32.2. The molecular formula is C22H22N2O5S. The highest BCUT2D eigenvalue weighted by Gasteiger charge is 2.28. The van der Waals surface area contributed by atoms with Crippen molar-refractivity contribution in [2.45, 2.75) is 23.8 Å². The largest absolute Gasteiger partial charge is 0.497 e. The summed E-state index contributed by atoms with van der Waals surface area (Å²) >= 11 is 0. The van der Waals surface area contributed by atoms with Crippen LogP contribution >= 0.6 is 0 Å². The van der Waals surface area contributed by atoms with Crippen LogP contribution in [0.2, 0.25) is 0 Å². The van der Waals surface area contributed by atoms with Crippen LogP contribution in [-0.2, 0) is 22.9 Å². The third-order valence-electron chi connectivity index (χ3n) is 4.64. The summed E-state index contributed by atoms with van der Waals surface area (Å²) in [6, 6.07) is 21.7. The number of nitro benzene ring substituents is 1. The van der Waals surface area contributed by atoms with Crippen molar-refractivity contribution >= 4 is 15.7 Å². The topological polar surface area (TPSA) is 98.5 Å². The Morgan fingerprint density at radius 2 is 1.47 bits per heavy atom. The van der Waals surface area contributed by atoms with Crippen molar-refractivity contribution in [3.8, 4) is 5.75 Å². The van der Waals surface area contributed by atoms with Crippen LogP contribution in [0.1, 0.15) is 11.1 Å². The first-order valence-corrected chi connectivity index (χ1v) is 10.8. The zero-order valence-corrected chi connectivity index (χ0v) is 17.2. The first-order valence-electron chi connectivity index (χ1n) is 9.31. The van der Waals surface area contributed by atoms with Gasteiger partial charge < -0.3 is 4.74 Å². The molecule has 0 spiro atoms. The lowest BCUT2D eigenvalue weighted by molar-refractivity contribution is -0.387. The van der Waals surface area contributed by atoms with Crippen LogP contribution in [0.4, 0.5) is 5.69 Å². The van der Waals surface area contributed by atoms with Crippen LogP contribution in [0.3, 0.4) is 0 Å². The lowest BCUT2D eigenvalue weighted by Crippen LogP contribution is -2.38. The Balaban J connectivity index is 1.90. The van der Waals surface area contributed by atoms with Crippen LogP contribution in [0.25, 0.3) is 0 Å². The van der Waals surface area contributed by atoms with Crippen LogP contribution in [0.5, 0.6) is 5.75 Å². The van der Waals surface area contributed by atoms with E-state index in [1.807, 2.05) is 54.6 Å². The molecule has 0 radical (unpaired) electrons. The normalized spacial score (nSPS) is 12.3. The van der Waals surface area contributed by atoms with Crippen molar-refractivity contribution < 1.29 is 18.1 Å². The number of sulfonamides is 1. The fourth-order valence-corrected chi connectivity index (χ4v) is 4.63. The molecule has 7 nitrogen and oxygen atoms in total. The standard InChI is InChI=1S/C22H22N2O5S/c1-29-20-13-11-18(12-14-20)16-19(15-17-7-3-2-4-8-17)23-30(27,28)22-10-6-5-9-21(22)24(25)26/h2-14,19,23H,15-16H2,1H3. The van der Waals surface area contributed by atoms with Crippen LogP contribution in [-0.4, -0.2) is 26.5 Å². The minimum atomic E-state index is -4.10. The monoisotopic (exact) mass is 426 g/mol. The second-order valence-electron chi connectivity index (χ2n) is 6.78. The van der Waals surface area contributed by atoms with Crippen molar-refractivity contribution in [3.63, 3.8) is 0 Å². The summed E-state index contributed by atoms with van der Waals surface area (Å²) in [5, 5.41) is 11.3. The number of nitro groups is 1. The van der Waals surface area contributed by atoms with Gasteiger partial charge in [-0.3, -0.25) is 10.1 Å². The molecule has 0 amide bonds. The third kappa shape index (κ3) is 5.43. The minimum absolute atomic E-state index is 0.345. The Labute approximate surface area is 175 Å². The van der Waals surface area contributed by atoms with Gasteiger partial charge in [-0.05, 0) is 42.2 Å². The zero-order chi connectivity index (χ0) is 21.6. The van der Waals surface area contributed by atoms with E-state index >= 15 is 0 Å². The van der Waals surface area contributed by atoms with Gasteiger partial charge >= 0.3 is 0 Å². The average molecular weight is 426 g/mol. The summed E-state index contributed by atoms with van der Waals surface area (Å²) in [6.45, 7) is 0. The molecule has 8 heteroatoms. The lowest BCUT2D eigenvalue weighted by Gasteiger charge is -2.19. The first-order chi connectivity index (χ1) is 14.4. The summed E-state index contributed by atoms with van der Waals surface area (Å²) in [6.07, 6.45) is 0.853. The zero-order valence-electron chi connectivity index (χ0n) is 16.4. The predicted molar refractivity (Wildman–Crippen MR) is 114 cm³/mol. The first kappa shape index (κ1) is 21.5. The van der Waals surface area contributed by atoms with E-state index in [1.54, 1.807) is 7.11 Å². The lowest BCUT2D eigenvalue weighted by atomic mass is 10.00. The van der Waals surface area contributed by atoms with E-state index in [-0.39, 0.29) is 4.90 Å². The van der Waals surface area contributed by atoms with Gasteiger partial charge in [-0.25, -0.2) is 13.1 Å². The molecule has 3 aromatic carbocycles. The molecule has 0 bridgehead atoms. The smallest absolute Gasteiger partial charge is 0.289 e. The predicted octanol–water partition coefficient (Wildman–Crippen LogP) is 3.74. The van der Waals surface area contributed by atoms with Gasteiger partial charge in [-0.15, -0.1) is 0 Å². The van der Waals surface area contributed by atoms with Crippen LogP contribution in [0.15, 0.2) is 83.8 Å². The van der Waals surface area contributed by atoms with Gasteiger partial charge in [0.05, 0.1) is 12.0 Å². The molecule has 0 heterocycles. The summed E-state index contributed by atoms with van der Waals surface area (Å²) < 4.78 is 33.9. The molecule has 0 aliphatic carbocycles. The number of hydrogen-bond donors (Lipinski definition) is 1.